The summed E-state index contributed by atoms with van der Waals surface area (Å²) >= 11 is 0. The number of esters is 1. The molecule has 1 aromatic rings. The second kappa shape index (κ2) is 5.96. The Balaban J connectivity index is 3.15. The minimum absolute atomic E-state index is 0.0336. The lowest BCUT2D eigenvalue weighted by atomic mass is 10.0. The zero-order valence-corrected chi connectivity index (χ0v) is 9.61. The Bertz CT molecular complexity index is 495. The maximum absolute atomic E-state index is 12.5. The van der Waals surface area contributed by atoms with Crippen molar-refractivity contribution in [2.24, 2.45) is 0 Å². The molecule has 0 aliphatic heterocycles. The Kier molecular flexibility index (Phi) is 4.60. The Hall–Kier alpha value is -2.16. The highest BCUT2D eigenvalue weighted by Gasteiger charge is 2.17. The minimum atomic E-state index is -2.79. The van der Waals surface area contributed by atoms with E-state index in [1.54, 1.807) is 13.0 Å². The average Bonchev–Trinajstić information content (AvgIpc) is 2.28. The number of ether oxygens (including phenoxy) is 1. The molecule has 1 N–H and O–H groups in total. The molecule has 0 unspecified atom stereocenters. The van der Waals surface area contributed by atoms with Crippen LogP contribution in [0.5, 0.6) is 5.75 Å². The van der Waals surface area contributed by atoms with Crippen molar-refractivity contribution in [2.75, 3.05) is 6.61 Å². The zero-order valence-electron chi connectivity index (χ0n) is 9.61. The van der Waals surface area contributed by atoms with Crippen LogP contribution in [0.1, 0.15) is 30.0 Å². The van der Waals surface area contributed by atoms with E-state index in [0.29, 0.717) is 0 Å². The molecule has 96 valence electrons. The molecule has 4 nitrogen and oxygen atoms in total. The predicted octanol–water partition coefficient (Wildman–Crippen LogP) is 2.31. The van der Waals surface area contributed by atoms with Gasteiger partial charge in [0.25, 0.3) is 6.43 Å². The van der Waals surface area contributed by atoms with Crippen LogP contribution in [0, 0.1) is 11.3 Å². The van der Waals surface area contributed by atoms with E-state index in [2.05, 4.69) is 4.74 Å². The fraction of sp³-hybridized carbons (Fsp3) is 0.333. The van der Waals surface area contributed by atoms with E-state index >= 15 is 0 Å². The maximum atomic E-state index is 12.5. The number of halogens is 2. The SMILES string of the molecule is CCOC(=O)Cc1cc(C(F)F)cc(O)c1C#N. The zero-order chi connectivity index (χ0) is 13.7. The Morgan fingerprint density at radius 1 is 1.56 bits per heavy atom. The first kappa shape index (κ1) is 13.9. The van der Waals surface area contributed by atoms with Gasteiger partial charge in [0.2, 0.25) is 0 Å². The largest absolute Gasteiger partial charge is 0.507 e. The first-order valence-electron chi connectivity index (χ1n) is 5.19. The second-order valence-corrected chi connectivity index (χ2v) is 3.47. The molecule has 0 fully saturated rings. The molecule has 0 radical (unpaired) electrons. The van der Waals surface area contributed by atoms with Gasteiger partial charge in [0.05, 0.1) is 18.6 Å². The summed E-state index contributed by atoms with van der Waals surface area (Å²) in [6.45, 7) is 1.76. The third-order valence-corrected chi connectivity index (χ3v) is 2.23. The van der Waals surface area contributed by atoms with E-state index in [1.807, 2.05) is 0 Å². The summed E-state index contributed by atoms with van der Waals surface area (Å²) in [6, 6.07) is 3.52. The van der Waals surface area contributed by atoms with E-state index in [-0.39, 0.29) is 24.2 Å². The van der Waals surface area contributed by atoms with Crippen LogP contribution in [0.2, 0.25) is 0 Å². The number of nitriles is 1. The van der Waals surface area contributed by atoms with Gasteiger partial charge in [-0.2, -0.15) is 5.26 Å². The van der Waals surface area contributed by atoms with Gasteiger partial charge in [-0.3, -0.25) is 4.79 Å². The van der Waals surface area contributed by atoms with Gasteiger partial charge in [0.1, 0.15) is 11.8 Å². The summed E-state index contributed by atoms with van der Waals surface area (Å²) in [5.74, 6) is -1.20. The van der Waals surface area contributed by atoms with Crippen LogP contribution in [-0.4, -0.2) is 17.7 Å². The molecule has 0 spiro atoms. The van der Waals surface area contributed by atoms with E-state index in [1.165, 1.54) is 0 Å². The average molecular weight is 255 g/mol. The van der Waals surface area contributed by atoms with E-state index < -0.39 is 23.7 Å². The van der Waals surface area contributed by atoms with Crippen LogP contribution in [0.3, 0.4) is 0 Å². The van der Waals surface area contributed by atoms with Crippen molar-refractivity contribution in [2.45, 2.75) is 19.8 Å². The fourth-order valence-electron chi connectivity index (χ4n) is 1.47. The van der Waals surface area contributed by atoms with Gasteiger partial charge in [-0.25, -0.2) is 8.78 Å². The summed E-state index contributed by atoms with van der Waals surface area (Å²) in [5, 5.41) is 18.3. The van der Waals surface area contributed by atoms with E-state index in [9.17, 15) is 18.7 Å². The Morgan fingerprint density at radius 2 is 2.22 bits per heavy atom. The number of rotatable bonds is 4. The lowest BCUT2D eigenvalue weighted by molar-refractivity contribution is -0.142. The molecule has 1 rings (SSSR count). The van der Waals surface area contributed by atoms with Crippen molar-refractivity contribution in [3.05, 3.63) is 28.8 Å². The van der Waals surface area contributed by atoms with Crippen LogP contribution in [0.25, 0.3) is 0 Å². The third kappa shape index (κ3) is 3.17. The van der Waals surface area contributed by atoms with Crippen LogP contribution in [0.4, 0.5) is 8.78 Å². The van der Waals surface area contributed by atoms with Crippen molar-refractivity contribution >= 4 is 5.97 Å². The molecule has 0 saturated carbocycles. The number of benzene rings is 1. The maximum Gasteiger partial charge on any atom is 0.310 e. The number of hydrogen-bond acceptors (Lipinski definition) is 4. The summed E-state index contributed by atoms with van der Waals surface area (Å²) in [4.78, 5) is 11.3. The first-order valence-corrected chi connectivity index (χ1v) is 5.19. The summed E-state index contributed by atoms with van der Waals surface area (Å²) in [7, 11) is 0. The molecule has 0 atom stereocenters. The highest BCUT2D eigenvalue weighted by molar-refractivity contribution is 5.74. The van der Waals surface area contributed by atoms with E-state index in [4.69, 9.17) is 5.26 Å². The second-order valence-electron chi connectivity index (χ2n) is 3.47. The van der Waals surface area contributed by atoms with Crippen molar-refractivity contribution in [3.8, 4) is 11.8 Å². The summed E-state index contributed by atoms with van der Waals surface area (Å²) in [5.41, 5.74) is -0.593. The van der Waals surface area contributed by atoms with Crippen molar-refractivity contribution in [3.63, 3.8) is 0 Å². The quantitative estimate of drug-likeness (QED) is 0.838. The molecule has 0 aliphatic carbocycles. The molecule has 0 bridgehead atoms. The lowest BCUT2D eigenvalue weighted by Crippen LogP contribution is -2.09. The Morgan fingerprint density at radius 3 is 2.72 bits per heavy atom. The topological polar surface area (TPSA) is 70.3 Å². The molecule has 0 aliphatic rings. The standard InChI is InChI=1S/C12H11F2NO3/c1-2-18-11(17)5-7-3-8(12(13)14)4-10(16)9(7)6-15/h3-4,12,16H,2,5H2,1H3. The Labute approximate surface area is 102 Å². The molecule has 0 saturated heterocycles. The van der Waals surface area contributed by atoms with E-state index in [0.717, 1.165) is 12.1 Å². The highest BCUT2D eigenvalue weighted by atomic mass is 19.3. The van der Waals surface area contributed by atoms with Gasteiger partial charge < -0.3 is 9.84 Å². The van der Waals surface area contributed by atoms with Gasteiger partial charge in [-0.15, -0.1) is 0 Å². The fourth-order valence-corrected chi connectivity index (χ4v) is 1.47. The number of carbonyl (C=O) groups excluding carboxylic acids is 1. The lowest BCUT2D eigenvalue weighted by Gasteiger charge is -2.09. The van der Waals surface area contributed by atoms with Crippen molar-refractivity contribution in [1.82, 2.24) is 0 Å². The molecular formula is C12H11F2NO3. The summed E-state index contributed by atoms with van der Waals surface area (Å²) in [6.07, 6.45) is -3.12. The van der Waals surface area contributed by atoms with Crippen LogP contribution >= 0.6 is 0 Å². The van der Waals surface area contributed by atoms with Crippen LogP contribution in [-0.2, 0) is 16.0 Å². The smallest absolute Gasteiger partial charge is 0.310 e. The normalized spacial score (nSPS) is 10.2. The minimum Gasteiger partial charge on any atom is -0.507 e. The molecule has 0 aromatic heterocycles. The number of carbonyl (C=O) groups is 1. The van der Waals surface area contributed by atoms with Gasteiger partial charge in [-0.05, 0) is 24.6 Å². The number of phenols is 1. The predicted molar refractivity (Wildman–Crippen MR) is 58.1 cm³/mol. The molecular weight excluding hydrogens is 244 g/mol. The van der Waals surface area contributed by atoms with Gasteiger partial charge in [-0.1, -0.05) is 0 Å². The van der Waals surface area contributed by atoms with Crippen molar-refractivity contribution < 1.29 is 23.4 Å². The summed E-state index contributed by atoms with van der Waals surface area (Å²) < 4.78 is 29.7. The molecule has 0 heterocycles. The third-order valence-electron chi connectivity index (χ3n) is 2.23. The van der Waals surface area contributed by atoms with Gasteiger partial charge >= 0.3 is 5.97 Å². The van der Waals surface area contributed by atoms with Crippen molar-refractivity contribution in [1.29, 1.82) is 5.26 Å². The monoisotopic (exact) mass is 255 g/mol. The molecule has 6 heteroatoms. The number of phenolic OH excluding ortho intramolecular Hbond substituents is 1. The van der Waals surface area contributed by atoms with Gasteiger partial charge in [0, 0.05) is 5.56 Å². The number of aromatic hydroxyl groups is 1. The first-order chi connectivity index (χ1) is 8.49. The molecule has 18 heavy (non-hydrogen) atoms. The van der Waals surface area contributed by atoms with Gasteiger partial charge in [0.15, 0.2) is 0 Å². The molecule has 0 amide bonds. The van der Waals surface area contributed by atoms with Crippen LogP contribution in [0.15, 0.2) is 12.1 Å². The number of alkyl halides is 2. The van der Waals surface area contributed by atoms with Crippen LogP contribution < -0.4 is 0 Å². The number of hydrogen-bond donors (Lipinski definition) is 1. The number of nitrogens with zero attached hydrogens (tertiary/aromatic N) is 1. The highest BCUT2D eigenvalue weighted by Crippen LogP contribution is 2.29. The molecule has 1 aromatic carbocycles.